The van der Waals surface area contributed by atoms with Crippen molar-refractivity contribution in [2.45, 2.75) is 57.2 Å². The lowest BCUT2D eigenvalue weighted by Crippen LogP contribution is -2.21. The molecule has 0 bridgehead atoms. The minimum Gasteiger partial charge on any atom is -0.458 e. The summed E-state index contributed by atoms with van der Waals surface area (Å²) in [5.74, 6) is 1.63. The number of benzene rings is 3. The average molecular weight is 586 g/mol. The first kappa shape index (κ1) is 29.4. The Morgan fingerprint density at radius 1 is 1.07 bits per heavy atom. The number of carbonyl (C=O) groups is 1. The molecule has 41 heavy (non-hydrogen) atoms. The number of aromatic nitrogens is 1. The van der Waals surface area contributed by atoms with Crippen LogP contribution in [0.2, 0.25) is 5.02 Å². The van der Waals surface area contributed by atoms with Crippen LogP contribution in [0.3, 0.4) is 0 Å². The van der Waals surface area contributed by atoms with Gasteiger partial charge in [0.05, 0.1) is 16.8 Å². The predicted molar refractivity (Wildman–Crippen MR) is 171 cm³/mol. The molecule has 1 N–H and O–H groups in total. The Morgan fingerprint density at radius 3 is 2.61 bits per heavy atom. The summed E-state index contributed by atoms with van der Waals surface area (Å²) < 4.78 is 5.59. The molecule has 3 aromatic carbocycles. The third kappa shape index (κ3) is 7.59. The zero-order chi connectivity index (χ0) is 29.0. The molecular formula is C35H36ClNO3S. The van der Waals surface area contributed by atoms with Crippen LogP contribution in [0.15, 0.2) is 78.9 Å². The highest BCUT2D eigenvalue weighted by Crippen LogP contribution is 2.43. The number of fused-ring (bicyclic) bond motifs is 1. The Balaban J connectivity index is 1.39. The van der Waals surface area contributed by atoms with Crippen molar-refractivity contribution >= 4 is 52.4 Å². The maximum absolute atomic E-state index is 11.5. The van der Waals surface area contributed by atoms with Crippen molar-refractivity contribution in [3.63, 3.8) is 0 Å². The number of pyridine rings is 1. The van der Waals surface area contributed by atoms with Gasteiger partial charge in [-0.1, -0.05) is 78.3 Å². The van der Waals surface area contributed by atoms with Crippen LogP contribution < -0.4 is 0 Å². The van der Waals surface area contributed by atoms with E-state index < -0.39 is 5.60 Å². The number of nitrogens with zero attached hydrogens (tertiary/aromatic N) is 1. The number of hydrogen-bond donors (Lipinski definition) is 1. The topological polar surface area (TPSA) is 59.4 Å². The molecule has 0 unspecified atom stereocenters. The predicted octanol–water partition coefficient (Wildman–Crippen LogP) is 8.64. The van der Waals surface area contributed by atoms with Gasteiger partial charge in [0.15, 0.2) is 0 Å². The Bertz CT molecular complexity index is 1570. The molecule has 0 spiro atoms. The summed E-state index contributed by atoms with van der Waals surface area (Å²) in [5, 5.41) is 12.7. The van der Waals surface area contributed by atoms with Crippen LogP contribution in [0.1, 0.15) is 73.9 Å². The van der Waals surface area contributed by atoms with Crippen LogP contribution in [0.25, 0.3) is 23.1 Å². The minimum absolute atomic E-state index is 0.100. The van der Waals surface area contributed by atoms with Crippen molar-refractivity contribution in [3.05, 3.63) is 112 Å². The molecule has 0 radical (unpaired) electrons. The fourth-order valence-electron chi connectivity index (χ4n) is 5.30. The maximum atomic E-state index is 11.5. The molecule has 5 rings (SSSR count). The van der Waals surface area contributed by atoms with Gasteiger partial charge in [0, 0.05) is 29.0 Å². The Kier molecular flexibility index (Phi) is 8.88. The van der Waals surface area contributed by atoms with E-state index in [0.29, 0.717) is 5.02 Å². The first-order chi connectivity index (χ1) is 19.6. The maximum Gasteiger partial charge on any atom is 0.303 e. The lowest BCUT2D eigenvalue weighted by atomic mass is 9.81. The zero-order valence-corrected chi connectivity index (χ0v) is 25.3. The first-order valence-electron chi connectivity index (χ1n) is 14.1. The van der Waals surface area contributed by atoms with Crippen LogP contribution in [0, 0.1) is 0 Å². The summed E-state index contributed by atoms with van der Waals surface area (Å²) >= 11 is 8.01. The highest BCUT2D eigenvalue weighted by Gasteiger charge is 2.46. The molecular weight excluding hydrogens is 550 g/mol. The number of hydrogen-bond acceptors (Lipinski definition) is 5. The summed E-state index contributed by atoms with van der Waals surface area (Å²) in [6, 6.07) is 26.6. The van der Waals surface area contributed by atoms with E-state index in [1.807, 2.05) is 74.1 Å². The van der Waals surface area contributed by atoms with E-state index in [1.165, 1.54) is 12.5 Å². The monoisotopic (exact) mass is 585 g/mol. The number of ether oxygens (including phenoxy) is 1. The van der Waals surface area contributed by atoms with Crippen LogP contribution in [-0.2, 0) is 15.1 Å². The third-order valence-corrected chi connectivity index (χ3v) is 9.00. The number of carbonyl (C=O) groups excluding carboxylic acids is 1. The molecule has 212 valence electrons. The Morgan fingerprint density at radius 2 is 1.85 bits per heavy atom. The van der Waals surface area contributed by atoms with E-state index in [2.05, 4.69) is 42.5 Å². The fraction of sp³-hybridized carbons (Fsp3) is 0.314. The fourth-order valence-corrected chi connectivity index (χ4v) is 6.73. The summed E-state index contributed by atoms with van der Waals surface area (Å²) in [7, 11) is 0. The highest BCUT2D eigenvalue weighted by molar-refractivity contribution is 7.99. The third-order valence-electron chi connectivity index (χ3n) is 7.51. The molecule has 4 aromatic rings. The SMILES string of the molecule is CC(=O)OC1(CSCC[C@H](c2cccc(C=Cc3ccc4ccc(Cl)cc4n3)c2)c2ccccc2C(C)(C)O)CC1. The van der Waals surface area contributed by atoms with Gasteiger partial charge in [0.2, 0.25) is 0 Å². The summed E-state index contributed by atoms with van der Waals surface area (Å²) in [6.07, 6.45) is 6.90. The number of thioether (sulfide) groups is 1. The van der Waals surface area contributed by atoms with E-state index >= 15 is 0 Å². The van der Waals surface area contributed by atoms with Crippen LogP contribution in [-0.4, -0.2) is 33.2 Å². The summed E-state index contributed by atoms with van der Waals surface area (Å²) in [5.41, 5.74) is 4.86. The quantitative estimate of drug-likeness (QED) is 0.141. The number of aliphatic hydroxyl groups is 1. The van der Waals surface area contributed by atoms with Gasteiger partial charge >= 0.3 is 5.97 Å². The molecule has 1 aliphatic rings. The number of rotatable bonds is 11. The van der Waals surface area contributed by atoms with Gasteiger partial charge in [-0.2, -0.15) is 11.8 Å². The summed E-state index contributed by atoms with van der Waals surface area (Å²) in [6.45, 7) is 5.18. The van der Waals surface area contributed by atoms with Gasteiger partial charge in [-0.25, -0.2) is 4.98 Å². The molecule has 1 fully saturated rings. The molecule has 1 atom stereocenters. The number of esters is 1. The number of halogens is 1. The molecule has 0 saturated heterocycles. The molecule has 4 nitrogen and oxygen atoms in total. The van der Waals surface area contributed by atoms with Crippen LogP contribution >= 0.6 is 23.4 Å². The average Bonchev–Trinajstić information content (AvgIpc) is 3.69. The van der Waals surface area contributed by atoms with Gasteiger partial charge in [-0.3, -0.25) is 4.79 Å². The van der Waals surface area contributed by atoms with E-state index in [4.69, 9.17) is 21.3 Å². The van der Waals surface area contributed by atoms with Gasteiger partial charge < -0.3 is 9.84 Å². The second kappa shape index (κ2) is 12.4. The highest BCUT2D eigenvalue weighted by atomic mass is 35.5. The van der Waals surface area contributed by atoms with Gasteiger partial charge in [0.1, 0.15) is 5.60 Å². The lowest BCUT2D eigenvalue weighted by molar-refractivity contribution is -0.147. The van der Waals surface area contributed by atoms with Crippen molar-refractivity contribution in [2.24, 2.45) is 0 Å². The first-order valence-corrected chi connectivity index (χ1v) is 15.6. The van der Waals surface area contributed by atoms with E-state index in [9.17, 15) is 9.90 Å². The van der Waals surface area contributed by atoms with Gasteiger partial charge in [0.25, 0.3) is 0 Å². The zero-order valence-electron chi connectivity index (χ0n) is 23.8. The van der Waals surface area contributed by atoms with Crippen molar-refractivity contribution in [2.75, 3.05) is 11.5 Å². The second-order valence-electron chi connectivity index (χ2n) is 11.4. The summed E-state index contributed by atoms with van der Waals surface area (Å²) in [4.78, 5) is 16.3. The lowest BCUT2D eigenvalue weighted by Gasteiger charge is -2.27. The largest absolute Gasteiger partial charge is 0.458 e. The van der Waals surface area contributed by atoms with Crippen molar-refractivity contribution in [1.29, 1.82) is 0 Å². The molecule has 1 aliphatic carbocycles. The van der Waals surface area contributed by atoms with E-state index in [-0.39, 0.29) is 17.5 Å². The smallest absolute Gasteiger partial charge is 0.303 e. The standard InChI is InChI=1S/C35H36ClNO3S/c1-24(38)40-35(18-19-35)23-41-20-17-30(31-9-4-5-10-32(31)34(2,3)39)27-8-6-7-25(21-27)11-15-29-16-13-26-12-14-28(36)22-33(26)37-29/h4-16,21-22,30,39H,17-20,23H2,1-3H3/t30-/m1/s1. The second-order valence-corrected chi connectivity index (χ2v) is 12.9. The van der Waals surface area contributed by atoms with Crippen molar-refractivity contribution in [1.82, 2.24) is 4.98 Å². The molecule has 0 amide bonds. The van der Waals surface area contributed by atoms with Crippen molar-refractivity contribution < 1.29 is 14.6 Å². The van der Waals surface area contributed by atoms with Crippen LogP contribution in [0.5, 0.6) is 0 Å². The molecule has 1 saturated carbocycles. The van der Waals surface area contributed by atoms with Crippen LogP contribution in [0.4, 0.5) is 0 Å². The molecule has 6 heteroatoms. The Hall–Kier alpha value is -3.12. The van der Waals surface area contributed by atoms with E-state index in [0.717, 1.165) is 64.1 Å². The van der Waals surface area contributed by atoms with Gasteiger partial charge in [-0.05, 0) is 85.4 Å². The molecule has 1 heterocycles. The van der Waals surface area contributed by atoms with E-state index in [1.54, 1.807) is 0 Å². The molecule has 0 aliphatic heterocycles. The minimum atomic E-state index is -0.961. The van der Waals surface area contributed by atoms with Gasteiger partial charge in [-0.15, -0.1) is 0 Å². The van der Waals surface area contributed by atoms with Crippen molar-refractivity contribution in [3.8, 4) is 0 Å². The Labute approximate surface area is 251 Å². The normalized spacial score (nSPS) is 15.2. The molecule has 1 aromatic heterocycles.